The first kappa shape index (κ1) is 13.7. The maximum atomic E-state index is 13.4. The molecule has 0 saturated heterocycles. The van der Waals surface area contributed by atoms with Crippen molar-refractivity contribution in [3.05, 3.63) is 35.7 Å². The first-order valence-electron chi connectivity index (χ1n) is 5.71. The highest BCUT2D eigenvalue weighted by Crippen LogP contribution is 2.18. The normalized spacial score (nSPS) is 12.1. The number of hydrogen-bond donors (Lipinski definition) is 1. The van der Waals surface area contributed by atoms with Crippen LogP contribution in [0.15, 0.2) is 24.3 Å². The fraction of sp³-hybridized carbons (Fsp3) is 0.429. The highest BCUT2D eigenvalue weighted by atomic mass is 19.1. The number of allylic oxidation sites excluding steroid dienone is 1. The molecule has 0 aliphatic heterocycles. The molecule has 1 aromatic carbocycles. The summed E-state index contributed by atoms with van der Waals surface area (Å²) in [4.78, 5) is 0. The lowest BCUT2D eigenvalue weighted by Crippen LogP contribution is -2.31. The van der Waals surface area contributed by atoms with Crippen LogP contribution in [0.3, 0.4) is 0 Å². The van der Waals surface area contributed by atoms with Crippen LogP contribution in [0.4, 0.5) is 4.39 Å². The van der Waals surface area contributed by atoms with E-state index in [0.29, 0.717) is 0 Å². The SMILES string of the molecule is COc1ccc(/C=C/CCC(C)(C)N)cc1F. The molecule has 1 aromatic rings. The predicted octanol–water partition coefficient (Wildman–Crippen LogP) is 3.37. The Morgan fingerprint density at radius 1 is 1.41 bits per heavy atom. The molecule has 0 spiro atoms. The van der Waals surface area contributed by atoms with E-state index >= 15 is 0 Å². The van der Waals surface area contributed by atoms with Crippen molar-refractivity contribution in [2.75, 3.05) is 7.11 Å². The van der Waals surface area contributed by atoms with Crippen molar-refractivity contribution in [1.82, 2.24) is 0 Å². The topological polar surface area (TPSA) is 35.2 Å². The molecule has 0 aromatic heterocycles. The van der Waals surface area contributed by atoms with Crippen LogP contribution in [0, 0.1) is 5.82 Å². The van der Waals surface area contributed by atoms with Crippen LogP contribution >= 0.6 is 0 Å². The Kier molecular flexibility index (Phi) is 4.70. The summed E-state index contributed by atoms with van der Waals surface area (Å²) in [5.74, 6) is -0.0703. The van der Waals surface area contributed by atoms with Gasteiger partial charge in [0.25, 0.3) is 0 Å². The Balaban J connectivity index is 2.57. The molecule has 1 rings (SSSR count). The van der Waals surface area contributed by atoms with Crippen LogP contribution in [0.5, 0.6) is 5.75 Å². The fourth-order valence-electron chi connectivity index (χ4n) is 1.46. The molecule has 0 amide bonds. The maximum absolute atomic E-state index is 13.4. The summed E-state index contributed by atoms with van der Waals surface area (Å²) in [5, 5.41) is 0. The van der Waals surface area contributed by atoms with Crippen molar-refractivity contribution in [3.8, 4) is 5.75 Å². The van der Waals surface area contributed by atoms with Crippen molar-refractivity contribution in [1.29, 1.82) is 0 Å². The van der Waals surface area contributed by atoms with Crippen LogP contribution < -0.4 is 10.5 Å². The number of rotatable bonds is 5. The quantitative estimate of drug-likeness (QED) is 0.852. The number of nitrogens with two attached hydrogens (primary N) is 1. The van der Waals surface area contributed by atoms with Gasteiger partial charge in [-0.3, -0.25) is 0 Å². The molecule has 2 nitrogen and oxygen atoms in total. The third-order valence-electron chi connectivity index (χ3n) is 2.44. The molecule has 0 unspecified atom stereocenters. The third-order valence-corrected chi connectivity index (χ3v) is 2.44. The molecule has 3 heteroatoms. The van der Waals surface area contributed by atoms with Gasteiger partial charge in [-0.25, -0.2) is 4.39 Å². The molecular weight excluding hydrogens is 217 g/mol. The van der Waals surface area contributed by atoms with Crippen LogP contribution in [-0.2, 0) is 0 Å². The van der Waals surface area contributed by atoms with E-state index in [-0.39, 0.29) is 17.1 Å². The van der Waals surface area contributed by atoms with Gasteiger partial charge in [-0.05, 0) is 44.4 Å². The molecular formula is C14H20FNO. The highest BCUT2D eigenvalue weighted by molar-refractivity contribution is 5.50. The minimum atomic E-state index is -0.339. The van der Waals surface area contributed by atoms with Gasteiger partial charge in [0.15, 0.2) is 11.6 Å². The standard InChI is InChI=1S/C14H20FNO/c1-14(2,16)9-5-4-6-11-7-8-13(17-3)12(15)10-11/h4,6-8,10H,5,9,16H2,1-3H3/b6-4+. The van der Waals surface area contributed by atoms with E-state index in [0.717, 1.165) is 18.4 Å². The Morgan fingerprint density at radius 3 is 2.65 bits per heavy atom. The molecule has 0 heterocycles. The van der Waals surface area contributed by atoms with Crippen LogP contribution in [0.2, 0.25) is 0 Å². The average Bonchev–Trinajstić information content (AvgIpc) is 2.23. The number of benzene rings is 1. The third kappa shape index (κ3) is 5.00. The highest BCUT2D eigenvalue weighted by Gasteiger charge is 2.07. The molecule has 94 valence electrons. The van der Waals surface area contributed by atoms with E-state index in [1.807, 2.05) is 32.1 Å². The minimum Gasteiger partial charge on any atom is -0.494 e. The molecule has 0 fully saturated rings. The lowest BCUT2D eigenvalue weighted by molar-refractivity contribution is 0.386. The van der Waals surface area contributed by atoms with Crippen molar-refractivity contribution in [3.63, 3.8) is 0 Å². The van der Waals surface area contributed by atoms with E-state index in [1.165, 1.54) is 13.2 Å². The molecule has 0 radical (unpaired) electrons. The lowest BCUT2D eigenvalue weighted by Gasteiger charge is -2.16. The largest absolute Gasteiger partial charge is 0.494 e. The number of methoxy groups -OCH3 is 1. The maximum Gasteiger partial charge on any atom is 0.165 e. The second kappa shape index (κ2) is 5.82. The van der Waals surface area contributed by atoms with E-state index in [2.05, 4.69) is 0 Å². The zero-order valence-corrected chi connectivity index (χ0v) is 10.7. The van der Waals surface area contributed by atoms with Gasteiger partial charge in [-0.1, -0.05) is 18.2 Å². The van der Waals surface area contributed by atoms with Crippen molar-refractivity contribution < 1.29 is 9.13 Å². The van der Waals surface area contributed by atoms with E-state index in [9.17, 15) is 4.39 Å². The molecule has 17 heavy (non-hydrogen) atoms. The van der Waals surface area contributed by atoms with Crippen molar-refractivity contribution >= 4 is 6.08 Å². The number of hydrogen-bond acceptors (Lipinski definition) is 2. The van der Waals surface area contributed by atoms with Gasteiger partial charge in [0.1, 0.15) is 0 Å². The minimum absolute atomic E-state index is 0.157. The molecule has 2 N–H and O–H groups in total. The second-order valence-electron chi connectivity index (χ2n) is 4.82. The predicted molar refractivity (Wildman–Crippen MR) is 69.5 cm³/mol. The summed E-state index contributed by atoms with van der Waals surface area (Å²) in [5.41, 5.74) is 6.54. The van der Waals surface area contributed by atoms with Gasteiger partial charge in [-0.2, -0.15) is 0 Å². The Labute approximate surface area is 102 Å². The van der Waals surface area contributed by atoms with Crippen LogP contribution in [0.25, 0.3) is 6.08 Å². The van der Waals surface area contributed by atoms with Crippen molar-refractivity contribution in [2.45, 2.75) is 32.2 Å². The first-order chi connectivity index (χ1) is 7.92. The molecule has 0 atom stereocenters. The Bertz CT molecular complexity index is 394. The zero-order valence-electron chi connectivity index (χ0n) is 10.7. The molecule has 0 aliphatic rings. The second-order valence-corrected chi connectivity index (χ2v) is 4.82. The molecule has 0 aliphatic carbocycles. The number of ether oxygens (including phenoxy) is 1. The van der Waals surface area contributed by atoms with Gasteiger partial charge in [0.05, 0.1) is 7.11 Å². The summed E-state index contributed by atoms with van der Waals surface area (Å²) in [7, 11) is 1.46. The monoisotopic (exact) mass is 237 g/mol. The van der Waals surface area contributed by atoms with Crippen LogP contribution in [-0.4, -0.2) is 12.6 Å². The van der Waals surface area contributed by atoms with Crippen LogP contribution in [0.1, 0.15) is 32.3 Å². The Hall–Kier alpha value is -1.35. The van der Waals surface area contributed by atoms with Gasteiger partial charge in [0.2, 0.25) is 0 Å². The lowest BCUT2D eigenvalue weighted by atomic mass is 10.00. The first-order valence-corrected chi connectivity index (χ1v) is 5.71. The smallest absolute Gasteiger partial charge is 0.165 e. The van der Waals surface area contributed by atoms with Gasteiger partial charge < -0.3 is 10.5 Å². The van der Waals surface area contributed by atoms with E-state index < -0.39 is 0 Å². The number of halogens is 1. The summed E-state index contributed by atoms with van der Waals surface area (Å²) in [6.07, 6.45) is 5.70. The average molecular weight is 237 g/mol. The van der Waals surface area contributed by atoms with Gasteiger partial charge >= 0.3 is 0 Å². The zero-order chi connectivity index (χ0) is 12.9. The van der Waals surface area contributed by atoms with Crippen molar-refractivity contribution in [2.24, 2.45) is 5.73 Å². The van der Waals surface area contributed by atoms with Gasteiger partial charge in [-0.15, -0.1) is 0 Å². The summed E-state index contributed by atoms with van der Waals surface area (Å²) in [6, 6.07) is 4.91. The fourth-order valence-corrected chi connectivity index (χ4v) is 1.46. The summed E-state index contributed by atoms with van der Waals surface area (Å²) in [6.45, 7) is 3.99. The Morgan fingerprint density at radius 2 is 2.12 bits per heavy atom. The summed E-state index contributed by atoms with van der Waals surface area (Å²) >= 11 is 0. The van der Waals surface area contributed by atoms with Gasteiger partial charge in [0, 0.05) is 5.54 Å². The summed E-state index contributed by atoms with van der Waals surface area (Å²) < 4.78 is 18.2. The molecule has 0 saturated carbocycles. The van der Waals surface area contributed by atoms with E-state index in [4.69, 9.17) is 10.5 Å². The van der Waals surface area contributed by atoms with E-state index in [1.54, 1.807) is 6.07 Å². The molecule has 0 bridgehead atoms.